The van der Waals surface area contributed by atoms with E-state index in [0.29, 0.717) is 12.0 Å². The number of benzene rings is 1. The molecule has 0 bridgehead atoms. The smallest absolute Gasteiger partial charge is 0.231 e. The van der Waals surface area contributed by atoms with Crippen molar-refractivity contribution in [2.45, 2.75) is 26.3 Å². The summed E-state index contributed by atoms with van der Waals surface area (Å²) in [5.41, 5.74) is 1.26. The third-order valence-electron chi connectivity index (χ3n) is 4.35. The van der Waals surface area contributed by atoms with Gasteiger partial charge >= 0.3 is 0 Å². The summed E-state index contributed by atoms with van der Waals surface area (Å²) >= 11 is 0. The molecule has 2 aliphatic heterocycles. The number of nitrogens with zero attached hydrogens (tertiary/aromatic N) is 1. The molecule has 3 rings (SSSR count). The average Bonchev–Trinajstić information content (AvgIpc) is 3.00. The Kier molecular flexibility index (Phi) is 8.43. The first-order chi connectivity index (χ1) is 10.7. The Morgan fingerprint density at radius 1 is 1.17 bits per heavy atom. The first-order valence-electron chi connectivity index (χ1n) is 8.11. The van der Waals surface area contributed by atoms with Crippen LogP contribution in [0.2, 0.25) is 0 Å². The van der Waals surface area contributed by atoms with Crippen molar-refractivity contribution in [1.29, 1.82) is 0 Å². The van der Waals surface area contributed by atoms with E-state index in [4.69, 9.17) is 14.2 Å². The van der Waals surface area contributed by atoms with E-state index < -0.39 is 0 Å². The Bertz CT molecular complexity index is 523. The number of ether oxygens (including phenoxy) is 3. The third-order valence-corrected chi connectivity index (χ3v) is 4.35. The van der Waals surface area contributed by atoms with Crippen LogP contribution in [0.1, 0.15) is 31.9 Å². The van der Waals surface area contributed by atoms with Gasteiger partial charge < -0.3 is 19.5 Å². The molecule has 1 N–H and O–H groups in total. The van der Waals surface area contributed by atoms with E-state index in [-0.39, 0.29) is 31.6 Å². The van der Waals surface area contributed by atoms with Gasteiger partial charge in [0.15, 0.2) is 11.5 Å². The van der Waals surface area contributed by atoms with Crippen LogP contribution < -0.4 is 19.5 Å². The predicted molar refractivity (Wildman–Crippen MR) is 100 cm³/mol. The highest BCUT2D eigenvalue weighted by atomic mass is 35.5. The largest absolute Gasteiger partial charge is 0.493 e. The molecule has 2 aliphatic rings. The monoisotopic (exact) mass is 378 g/mol. The fourth-order valence-corrected chi connectivity index (χ4v) is 3.28. The van der Waals surface area contributed by atoms with Crippen LogP contribution in [0.4, 0.5) is 0 Å². The Morgan fingerprint density at radius 3 is 2.50 bits per heavy atom. The molecule has 5 nitrogen and oxygen atoms in total. The predicted octanol–water partition coefficient (Wildman–Crippen LogP) is 3.26. The minimum Gasteiger partial charge on any atom is -0.493 e. The van der Waals surface area contributed by atoms with Crippen LogP contribution in [-0.4, -0.2) is 45.0 Å². The van der Waals surface area contributed by atoms with Crippen LogP contribution in [0.25, 0.3) is 0 Å². The molecule has 24 heavy (non-hydrogen) atoms. The van der Waals surface area contributed by atoms with Crippen molar-refractivity contribution >= 4 is 24.8 Å². The van der Waals surface area contributed by atoms with Gasteiger partial charge in [-0.15, -0.1) is 24.8 Å². The van der Waals surface area contributed by atoms with E-state index in [1.807, 2.05) is 0 Å². The van der Waals surface area contributed by atoms with Crippen LogP contribution >= 0.6 is 24.8 Å². The maximum absolute atomic E-state index is 5.59. The van der Waals surface area contributed by atoms with E-state index in [0.717, 1.165) is 49.8 Å². The summed E-state index contributed by atoms with van der Waals surface area (Å²) < 4.78 is 16.6. The van der Waals surface area contributed by atoms with E-state index in [1.54, 1.807) is 7.11 Å². The second-order valence-electron chi connectivity index (χ2n) is 6.39. The van der Waals surface area contributed by atoms with Crippen molar-refractivity contribution < 1.29 is 14.2 Å². The molecule has 0 radical (unpaired) electrons. The minimum absolute atomic E-state index is 0. The molecule has 0 spiro atoms. The summed E-state index contributed by atoms with van der Waals surface area (Å²) in [7, 11) is 1.68. The van der Waals surface area contributed by atoms with Crippen molar-refractivity contribution in [3.05, 3.63) is 17.7 Å². The van der Waals surface area contributed by atoms with Crippen molar-refractivity contribution in [2.24, 2.45) is 5.92 Å². The molecule has 1 aromatic rings. The SMILES string of the molecule is COc1cc([C@@H](CC(C)C)N2CCNCC2)cc2c1OCO2.Cl.Cl. The van der Waals surface area contributed by atoms with Crippen LogP contribution in [-0.2, 0) is 0 Å². The lowest BCUT2D eigenvalue weighted by molar-refractivity contribution is 0.153. The quantitative estimate of drug-likeness (QED) is 0.851. The van der Waals surface area contributed by atoms with Gasteiger partial charge in [-0.2, -0.15) is 0 Å². The number of hydrogen-bond donors (Lipinski definition) is 1. The van der Waals surface area contributed by atoms with Gasteiger partial charge in [0.25, 0.3) is 0 Å². The van der Waals surface area contributed by atoms with Gasteiger partial charge in [0.2, 0.25) is 12.5 Å². The maximum atomic E-state index is 5.59. The molecule has 0 aliphatic carbocycles. The van der Waals surface area contributed by atoms with Gasteiger partial charge in [-0.1, -0.05) is 13.8 Å². The Balaban J connectivity index is 0.00000144. The zero-order valence-electron chi connectivity index (χ0n) is 14.5. The second-order valence-corrected chi connectivity index (χ2v) is 6.39. The molecule has 1 fully saturated rings. The average molecular weight is 379 g/mol. The van der Waals surface area contributed by atoms with Gasteiger partial charge in [-0.05, 0) is 30.0 Å². The molecule has 0 aromatic heterocycles. The van der Waals surface area contributed by atoms with Crippen LogP contribution in [0.15, 0.2) is 12.1 Å². The standard InChI is InChI=1S/C17H26N2O3.2ClH/c1-12(2)8-14(19-6-4-18-5-7-19)13-9-15(20-3)17-16(10-13)21-11-22-17;;/h9-10,12,14,18H,4-8,11H2,1-3H3;2*1H/t14-;;/m1../s1. The molecule has 0 amide bonds. The number of halogens is 2. The minimum atomic E-state index is 0. The number of nitrogens with one attached hydrogen (secondary N) is 1. The summed E-state index contributed by atoms with van der Waals surface area (Å²) in [6.07, 6.45) is 1.13. The number of piperazine rings is 1. The van der Waals surface area contributed by atoms with Gasteiger partial charge in [0.05, 0.1) is 7.11 Å². The molecule has 7 heteroatoms. The maximum Gasteiger partial charge on any atom is 0.231 e. The Morgan fingerprint density at radius 2 is 1.88 bits per heavy atom. The lowest BCUT2D eigenvalue weighted by Gasteiger charge is -2.36. The molecule has 0 unspecified atom stereocenters. The fourth-order valence-electron chi connectivity index (χ4n) is 3.28. The highest BCUT2D eigenvalue weighted by Crippen LogP contribution is 2.44. The molecular weight excluding hydrogens is 351 g/mol. The first kappa shape index (κ1) is 21.2. The second kappa shape index (κ2) is 9.56. The number of fused-ring (bicyclic) bond motifs is 1. The summed E-state index contributed by atoms with van der Waals surface area (Å²) in [5, 5.41) is 3.43. The molecule has 0 saturated carbocycles. The Labute approximate surface area is 156 Å². The lowest BCUT2D eigenvalue weighted by atomic mass is 9.94. The molecule has 1 aromatic carbocycles. The topological polar surface area (TPSA) is 43.0 Å². The number of methoxy groups -OCH3 is 1. The summed E-state index contributed by atoms with van der Waals surface area (Å²) in [6, 6.07) is 4.63. The third kappa shape index (κ3) is 4.60. The molecule has 1 atom stereocenters. The van der Waals surface area contributed by atoms with Crippen molar-refractivity contribution in [3.8, 4) is 17.2 Å². The van der Waals surface area contributed by atoms with Gasteiger partial charge in [0, 0.05) is 32.2 Å². The molecule has 138 valence electrons. The zero-order valence-corrected chi connectivity index (χ0v) is 16.2. The van der Waals surface area contributed by atoms with E-state index in [1.165, 1.54) is 5.56 Å². The van der Waals surface area contributed by atoms with Gasteiger partial charge in [-0.25, -0.2) is 0 Å². The van der Waals surface area contributed by atoms with E-state index >= 15 is 0 Å². The van der Waals surface area contributed by atoms with Crippen molar-refractivity contribution in [3.63, 3.8) is 0 Å². The van der Waals surface area contributed by atoms with E-state index in [9.17, 15) is 0 Å². The van der Waals surface area contributed by atoms with Crippen LogP contribution in [0, 0.1) is 5.92 Å². The fraction of sp³-hybridized carbons (Fsp3) is 0.647. The van der Waals surface area contributed by atoms with Crippen molar-refractivity contribution in [2.75, 3.05) is 40.1 Å². The summed E-state index contributed by atoms with van der Waals surface area (Å²) in [4.78, 5) is 2.56. The normalized spacial score (nSPS) is 17.8. The van der Waals surface area contributed by atoms with Gasteiger partial charge in [-0.3, -0.25) is 4.90 Å². The van der Waals surface area contributed by atoms with E-state index in [2.05, 4.69) is 36.2 Å². The van der Waals surface area contributed by atoms with Crippen LogP contribution in [0.5, 0.6) is 17.2 Å². The molecule has 1 saturated heterocycles. The zero-order chi connectivity index (χ0) is 15.5. The van der Waals surface area contributed by atoms with Crippen LogP contribution in [0.3, 0.4) is 0 Å². The summed E-state index contributed by atoms with van der Waals surface area (Å²) in [5.74, 6) is 2.94. The molecule has 2 heterocycles. The highest BCUT2D eigenvalue weighted by molar-refractivity contribution is 5.85. The van der Waals surface area contributed by atoms with Gasteiger partial charge in [0.1, 0.15) is 0 Å². The van der Waals surface area contributed by atoms with Crippen molar-refractivity contribution in [1.82, 2.24) is 10.2 Å². The number of hydrogen-bond acceptors (Lipinski definition) is 5. The Hall–Kier alpha value is -0.880. The highest BCUT2D eigenvalue weighted by Gasteiger charge is 2.27. The number of rotatable bonds is 5. The molecular formula is C17H28Cl2N2O3. The summed E-state index contributed by atoms with van der Waals surface area (Å²) in [6.45, 7) is 9.09. The lowest BCUT2D eigenvalue weighted by Crippen LogP contribution is -2.45. The first-order valence-corrected chi connectivity index (χ1v) is 8.11.